The van der Waals surface area contributed by atoms with Crippen LogP contribution in [0.15, 0.2) is 82.5 Å². The molecule has 0 aliphatic carbocycles. The van der Waals surface area contributed by atoms with Gasteiger partial charge in [0.25, 0.3) is 5.56 Å². The van der Waals surface area contributed by atoms with E-state index in [-0.39, 0.29) is 16.4 Å². The molecule has 3 aromatic carbocycles. The Hall–Kier alpha value is -3.16. The van der Waals surface area contributed by atoms with Crippen molar-refractivity contribution in [3.05, 3.63) is 88.2 Å². The molecule has 8 heteroatoms. The molecule has 1 heterocycles. The van der Waals surface area contributed by atoms with E-state index >= 15 is 0 Å². The van der Waals surface area contributed by atoms with E-state index in [1.54, 1.807) is 30.3 Å². The van der Waals surface area contributed by atoms with E-state index in [0.29, 0.717) is 21.6 Å². The Morgan fingerprint density at radius 2 is 1.72 bits per heavy atom. The first-order valence-electron chi connectivity index (χ1n) is 8.68. The standard InChI is InChI=1S/C21H16ClN3O3S/c1-29(27,28)17-9-5-8-16(13-17)25-20(26)18-12-14(22)10-11-19(18)24-21(25)23-15-6-3-2-4-7-15/h2-13H,1H3,(H,23,24). The maximum atomic E-state index is 13.3. The van der Waals surface area contributed by atoms with Crippen LogP contribution in [0.25, 0.3) is 16.6 Å². The number of halogens is 1. The number of fused-ring (bicyclic) bond motifs is 1. The molecular formula is C21H16ClN3O3S. The van der Waals surface area contributed by atoms with Crippen LogP contribution < -0.4 is 10.9 Å². The second-order valence-electron chi connectivity index (χ2n) is 6.50. The van der Waals surface area contributed by atoms with Gasteiger partial charge in [0.05, 0.1) is 21.5 Å². The Kier molecular flexibility index (Phi) is 4.86. The van der Waals surface area contributed by atoms with E-state index in [1.807, 2.05) is 30.3 Å². The number of anilines is 2. The van der Waals surface area contributed by atoms with E-state index in [9.17, 15) is 13.2 Å². The van der Waals surface area contributed by atoms with Crippen LogP contribution in [0.3, 0.4) is 0 Å². The maximum Gasteiger partial charge on any atom is 0.267 e. The second-order valence-corrected chi connectivity index (χ2v) is 8.95. The minimum Gasteiger partial charge on any atom is -0.325 e. The quantitative estimate of drug-likeness (QED) is 0.530. The normalized spacial score (nSPS) is 11.5. The van der Waals surface area contributed by atoms with Crippen molar-refractivity contribution in [3.63, 3.8) is 0 Å². The molecule has 0 amide bonds. The summed E-state index contributed by atoms with van der Waals surface area (Å²) in [6.45, 7) is 0. The molecule has 4 aromatic rings. The van der Waals surface area contributed by atoms with Crippen LogP contribution in [-0.4, -0.2) is 24.2 Å². The Morgan fingerprint density at radius 1 is 0.966 bits per heavy atom. The van der Waals surface area contributed by atoms with Gasteiger partial charge in [-0.1, -0.05) is 35.9 Å². The molecule has 0 saturated carbocycles. The average molecular weight is 426 g/mol. The highest BCUT2D eigenvalue weighted by Gasteiger charge is 2.16. The molecule has 0 saturated heterocycles. The topological polar surface area (TPSA) is 81.1 Å². The number of nitrogens with one attached hydrogen (secondary N) is 1. The van der Waals surface area contributed by atoms with Crippen molar-refractivity contribution < 1.29 is 8.42 Å². The molecule has 0 atom stereocenters. The van der Waals surface area contributed by atoms with Gasteiger partial charge >= 0.3 is 0 Å². The molecule has 6 nitrogen and oxygen atoms in total. The highest BCUT2D eigenvalue weighted by molar-refractivity contribution is 7.90. The molecule has 29 heavy (non-hydrogen) atoms. The third kappa shape index (κ3) is 3.87. The van der Waals surface area contributed by atoms with E-state index in [2.05, 4.69) is 10.3 Å². The van der Waals surface area contributed by atoms with Crippen LogP contribution in [0.1, 0.15) is 0 Å². The molecule has 0 bridgehead atoms. The Balaban J connectivity index is 2.01. The highest BCUT2D eigenvalue weighted by Crippen LogP contribution is 2.23. The Labute approximate surface area is 172 Å². The number of rotatable bonds is 4. The van der Waals surface area contributed by atoms with Gasteiger partial charge in [-0.25, -0.2) is 18.0 Å². The predicted molar refractivity (Wildman–Crippen MR) is 115 cm³/mol. The number of hydrogen-bond acceptors (Lipinski definition) is 5. The molecule has 0 unspecified atom stereocenters. The molecule has 4 rings (SSSR count). The summed E-state index contributed by atoms with van der Waals surface area (Å²) in [4.78, 5) is 18.0. The van der Waals surface area contributed by atoms with Crippen molar-refractivity contribution in [3.8, 4) is 5.69 Å². The van der Waals surface area contributed by atoms with Gasteiger partial charge in [0.15, 0.2) is 9.84 Å². The number of hydrogen-bond donors (Lipinski definition) is 1. The number of benzene rings is 3. The molecule has 0 spiro atoms. The Bertz CT molecular complexity index is 1380. The van der Waals surface area contributed by atoms with Crippen LogP contribution >= 0.6 is 11.6 Å². The van der Waals surface area contributed by atoms with Gasteiger partial charge in [-0.15, -0.1) is 0 Å². The zero-order chi connectivity index (χ0) is 20.6. The highest BCUT2D eigenvalue weighted by atomic mass is 35.5. The Morgan fingerprint density at radius 3 is 2.45 bits per heavy atom. The molecule has 1 aromatic heterocycles. The minimum absolute atomic E-state index is 0.110. The molecule has 0 fully saturated rings. The summed E-state index contributed by atoms with van der Waals surface area (Å²) in [5, 5.41) is 3.89. The lowest BCUT2D eigenvalue weighted by Gasteiger charge is -2.15. The lowest BCUT2D eigenvalue weighted by Crippen LogP contribution is -2.23. The fraction of sp³-hybridized carbons (Fsp3) is 0.0476. The zero-order valence-corrected chi connectivity index (χ0v) is 16.9. The SMILES string of the molecule is CS(=O)(=O)c1cccc(-n2c(Nc3ccccc3)nc3ccc(Cl)cc3c2=O)c1. The van der Waals surface area contributed by atoms with Crippen molar-refractivity contribution in [2.45, 2.75) is 4.90 Å². The first-order chi connectivity index (χ1) is 13.8. The van der Waals surface area contributed by atoms with Gasteiger partial charge in [-0.2, -0.15) is 0 Å². The van der Waals surface area contributed by atoms with E-state index in [4.69, 9.17) is 11.6 Å². The smallest absolute Gasteiger partial charge is 0.267 e. The number of sulfone groups is 1. The van der Waals surface area contributed by atoms with Crippen LogP contribution in [0.4, 0.5) is 11.6 Å². The summed E-state index contributed by atoms with van der Waals surface area (Å²) in [5.41, 5.74) is 1.24. The fourth-order valence-electron chi connectivity index (χ4n) is 2.99. The van der Waals surface area contributed by atoms with Crippen molar-refractivity contribution in [1.82, 2.24) is 9.55 Å². The summed E-state index contributed by atoms with van der Waals surface area (Å²) < 4.78 is 25.3. The van der Waals surface area contributed by atoms with Crippen LogP contribution in [0.5, 0.6) is 0 Å². The molecule has 0 aliphatic rings. The van der Waals surface area contributed by atoms with E-state index in [1.165, 1.54) is 16.7 Å². The van der Waals surface area contributed by atoms with Gasteiger partial charge < -0.3 is 5.32 Å². The summed E-state index contributed by atoms with van der Waals surface area (Å²) in [5.74, 6) is 0.265. The minimum atomic E-state index is -3.44. The first kappa shape index (κ1) is 19.2. The third-order valence-corrected chi connectivity index (χ3v) is 5.71. The number of para-hydroxylation sites is 1. The van der Waals surface area contributed by atoms with E-state index in [0.717, 1.165) is 11.9 Å². The zero-order valence-electron chi connectivity index (χ0n) is 15.3. The summed E-state index contributed by atoms with van der Waals surface area (Å²) in [7, 11) is -3.44. The average Bonchev–Trinajstić information content (AvgIpc) is 2.69. The molecule has 0 aliphatic heterocycles. The molecule has 146 valence electrons. The molecule has 1 N–H and O–H groups in total. The maximum absolute atomic E-state index is 13.3. The first-order valence-corrected chi connectivity index (χ1v) is 10.9. The van der Waals surface area contributed by atoms with Gasteiger partial charge in [0.1, 0.15) is 0 Å². The van der Waals surface area contributed by atoms with Crippen LogP contribution in [-0.2, 0) is 9.84 Å². The van der Waals surface area contributed by atoms with Gasteiger partial charge in [-0.05, 0) is 48.5 Å². The lowest BCUT2D eigenvalue weighted by atomic mass is 10.2. The fourth-order valence-corrected chi connectivity index (χ4v) is 3.82. The molecular weight excluding hydrogens is 410 g/mol. The second kappa shape index (κ2) is 7.35. The summed E-state index contributed by atoms with van der Waals surface area (Å²) in [6, 6.07) is 20.3. The summed E-state index contributed by atoms with van der Waals surface area (Å²) in [6.07, 6.45) is 1.12. The number of aromatic nitrogens is 2. The lowest BCUT2D eigenvalue weighted by molar-refractivity contribution is 0.602. The van der Waals surface area contributed by atoms with Crippen molar-refractivity contribution in [2.24, 2.45) is 0 Å². The monoisotopic (exact) mass is 425 g/mol. The number of nitrogens with zero attached hydrogens (tertiary/aromatic N) is 2. The summed E-state index contributed by atoms with van der Waals surface area (Å²) >= 11 is 6.07. The van der Waals surface area contributed by atoms with E-state index < -0.39 is 9.84 Å². The third-order valence-electron chi connectivity index (χ3n) is 4.36. The van der Waals surface area contributed by atoms with Crippen molar-refractivity contribution in [1.29, 1.82) is 0 Å². The van der Waals surface area contributed by atoms with Gasteiger partial charge in [0.2, 0.25) is 5.95 Å². The van der Waals surface area contributed by atoms with Crippen LogP contribution in [0.2, 0.25) is 5.02 Å². The largest absolute Gasteiger partial charge is 0.325 e. The predicted octanol–water partition coefficient (Wildman–Crippen LogP) is 4.19. The van der Waals surface area contributed by atoms with Crippen LogP contribution in [0, 0.1) is 0 Å². The molecule has 0 radical (unpaired) electrons. The van der Waals surface area contributed by atoms with Crippen molar-refractivity contribution >= 4 is 44.0 Å². The van der Waals surface area contributed by atoms with Gasteiger partial charge in [-0.3, -0.25) is 4.79 Å². The van der Waals surface area contributed by atoms with Crippen molar-refractivity contribution in [2.75, 3.05) is 11.6 Å². The van der Waals surface area contributed by atoms with Gasteiger partial charge in [0, 0.05) is 17.0 Å².